The third-order valence-electron chi connectivity index (χ3n) is 4.62. The summed E-state index contributed by atoms with van der Waals surface area (Å²) in [5.41, 5.74) is 2.60. The predicted molar refractivity (Wildman–Crippen MR) is 107 cm³/mol. The first kappa shape index (κ1) is 20.2. The van der Waals surface area contributed by atoms with Crippen molar-refractivity contribution >= 4 is 21.7 Å². The van der Waals surface area contributed by atoms with Gasteiger partial charge in [0.1, 0.15) is 10.6 Å². The van der Waals surface area contributed by atoms with Crippen LogP contribution < -0.4 is 14.8 Å². The summed E-state index contributed by atoms with van der Waals surface area (Å²) >= 11 is 0. The molecule has 1 fully saturated rings. The maximum absolute atomic E-state index is 12.3. The molecule has 2 aromatic carbocycles. The van der Waals surface area contributed by atoms with Crippen molar-refractivity contribution in [3.63, 3.8) is 0 Å². The number of anilines is 1. The SMILES string of the molecule is COC(=O)c1cc(N2CCCC2)c(Oc2cc(C)cc(C)c2)c(S(N)(=O)=O)c1. The molecule has 0 unspecified atom stereocenters. The van der Waals surface area contributed by atoms with E-state index in [2.05, 4.69) is 0 Å². The molecule has 0 spiro atoms. The van der Waals surface area contributed by atoms with Gasteiger partial charge in [0.2, 0.25) is 10.0 Å². The van der Waals surface area contributed by atoms with E-state index in [-0.39, 0.29) is 16.2 Å². The minimum atomic E-state index is -4.15. The highest BCUT2D eigenvalue weighted by atomic mass is 32.2. The summed E-state index contributed by atoms with van der Waals surface area (Å²) < 4.78 is 35.5. The number of carbonyl (C=O) groups is 1. The van der Waals surface area contributed by atoms with E-state index in [1.807, 2.05) is 36.9 Å². The van der Waals surface area contributed by atoms with E-state index in [0.29, 0.717) is 11.4 Å². The van der Waals surface area contributed by atoms with E-state index >= 15 is 0 Å². The molecular weight excluding hydrogens is 380 g/mol. The molecule has 3 rings (SSSR count). The van der Waals surface area contributed by atoms with E-state index in [9.17, 15) is 13.2 Å². The summed E-state index contributed by atoms with van der Waals surface area (Å²) in [7, 11) is -2.91. The topological polar surface area (TPSA) is 98.9 Å². The van der Waals surface area contributed by atoms with Gasteiger partial charge in [-0.15, -0.1) is 0 Å². The van der Waals surface area contributed by atoms with Crippen molar-refractivity contribution in [3.8, 4) is 11.5 Å². The zero-order valence-electron chi connectivity index (χ0n) is 16.2. The van der Waals surface area contributed by atoms with Crippen LogP contribution >= 0.6 is 0 Å². The molecule has 28 heavy (non-hydrogen) atoms. The van der Waals surface area contributed by atoms with Gasteiger partial charge in [0.15, 0.2) is 5.75 Å². The molecule has 1 aliphatic heterocycles. The highest BCUT2D eigenvalue weighted by Crippen LogP contribution is 2.41. The minimum absolute atomic E-state index is 0.112. The molecule has 0 atom stereocenters. The number of primary sulfonamides is 1. The van der Waals surface area contributed by atoms with Crippen LogP contribution in [0.3, 0.4) is 0 Å². The number of sulfonamides is 1. The molecule has 0 saturated carbocycles. The van der Waals surface area contributed by atoms with Crippen molar-refractivity contribution in [1.29, 1.82) is 0 Å². The van der Waals surface area contributed by atoms with Gasteiger partial charge in [-0.25, -0.2) is 18.4 Å². The number of esters is 1. The van der Waals surface area contributed by atoms with Gasteiger partial charge in [0, 0.05) is 13.1 Å². The average molecular weight is 404 g/mol. The van der Waals surface area contributed by atoms with Crippen LogP contribution in [0.25, 0.3) is 0 Å². The number of nitrogens with zero attached hydrogens (tertiary/aromatic N) is 1. The van der Waals surface area contributed by atoms with Crippen molar-refractivity contribution in [2.75, 3.05) is 25.1 Å². The molecule has 7 nitrogen and oxygen atoms in total. The quantitative estimate of drug-likeness (QED) is 0.769. The Hall–Kier alpha value is -2.58. The zero-order valence-corrected chi connectivity index (χ0v) is 17.0. The molecular formula is C20H24N2O5S. The lowest BCUT2D eigenvalue weighted by Crippen LogP contribution is -2.22. The maximum atomic E-state index is 12.3. The Balaban J connectivity index is 2.23. The molecule has 1 heterocycles. The average Bonchev–Trinajstić information content (AvgIpc) is 3.13. The van der Waals surface area contributed by atoms with Crippen LogP contribution in [0.1, 0.15) is 34.3 Å². The Labute approximate surface area is 165 Å². The lowest BCUT2D eigenvalue weighted by atomic mass is 10.1. The molecule has 1 saturated heterocycles. The number of ether oxygens (including phenoxy) is 2. The van der Waals surface area contributed by atoms with Gasteiger partial charge in [-0.05, 0) is 62.1 Å². The van der Waals surface area contributed by atoms with Gasteiger partial charge in [-0.1, -0.05) is 6.07 Å². The number of hydrogen-bond donors (Lipinski definition) is 1. The third kappa shape index (κ3) is 4.28. The van der Waals surface area contributed by atoms with Gasteiger partial charge in [0.05, 0.1) is 18.4 Å². The molecule has 150 valence electrons. The van der Waals surface area contributed by atoms with Gasteiger partial charge in [-0.3, -0.25) is 0 Å². The lowest BCUT2D eigenvalue weighted by Gasteiger charge is -2.24. The highest BCUT2D eigenvalue weighted by Gasteiger charge is 2.27. The number of hydrogen-bond acceptors (Lipinski definition) is 6. The molecule has 1 aliphatic rings. The largest absolute Gasteiger partial charge is 0.465 e. The first-order valence-electron chi connectivity index (χ1n) is 8.99. The highest BCUT2D eigenvalue weighted by molar-refractivity contribution is 7.89. The van der Waals surface area contributed by atoms with Gasteiger partial charge >= 0.3 is 5.97 Å². The standard InChI is InChI=1S/C20H24N2O5S/c1-13-8-14(2)10-16(9-13)27-19-17(22-6-4-5-7-22)11-15(20(23)26-3)12-18(19)28(21,24)25/h8-12H,4-7H2,1-3H3,(H2,21,24,25). The maximum Gasteiger partial charge on any atom is 0.337 e. The molecule has 0 amide bonds. The van der Waals surface area contributed by atoms with Crippen LogP contribution in [-0.4, -0.2) is 34.6 Å². The second kappa shape index (κ2) is 7.81. The van der Waals surface area contributed by atoms with Gasteiger partial charge in [-0.2, -0.15) is 0 Å². The van der Waals surface area contributed by atoms with E-state index in [0.717, 1.165) is 37.1 Å². The Bertz CT molecular complexity index is 991. The summed E-state index contributed by atoms with van der Waals surface area (Å²) in [5.74, 6) is -0.000912. The molecule has 0 aliphatic carbocycles. The fourth-order valence-electron chi connectivity index (χ4n) is 3.44. The summed E-state index contributed by atoms with van der Waals surface area (Å²) in [6, 6.07) is 8.45. The summed E-state index contributed by atoms with van der Waals surface area (Å²) in [4.78, 5) is 13.9. The molecule has 0 bridgehead atoms. The van der Waals surface area contributed by atoms with E-state index in [1.54, 1.807) is 6.07 Å². The number of nitrogens with two attached hydrogens (primary N) is 1. The number of methoxy groups -OCH3 is 1. The fourth-order valence-corrected chi connectivity index (χ4v) is 4.14. The number of rotatable bonds is 5. The van der Waals surface area contributed by atoms with E-state index < -0.39 is 16.0 Å². The van der Waals surface area contributed by atoms with Crippen LogP contribution in [0.5, 0.6) is 11.5 Å². The predicted octanol–water partition coefficient (Wildman–Crippen LogP) is 3.13. The minimum Gasteiger partial charge on any atom is -0.465 e. The van der Waals surface area contributed by atoms with Crippen molar-refractivity contribution in [2.24, 2.45) is 5.14 Å². The third-order valence-corrected chi connectivity index (χ3v) is 5.54. The molecule has 2 N–H and O–H groups in total. The van der Waals surface area contributed by atoms with Crippen LogP contribution in [-0.2, 0) is 14.8 Å². The molecule has 2 aromatic rings. The first-order chi connectivity index (χ1) is 13.2. The van der Waals surface area contributed by atoms with Gasteiger partial charge < -0.3 is 14.4 Å². The molecule has 0 radical (unpaired) electrons. The fraction of sp³-hybridized carbons (Fsp3) is 0.350. The number of carbonyl (C=O) groups excluding carboxylic acids is 1. The van der Waals surface area contributed by atoms with Crippen LogP contribution in [0, 0.1) is 13.8 Å². The Morgan fingerprint density at radius 2 is 1.64 bits per heavy atom. The Morgan fingerprint density at radius 1 is 1.04 bits per heavy atom. The zero-order chi connectivity index (χ0) is 20.5. The molecule has 8 heteroatoms. The number of benzene rings is 2. The smallest absolute Gasteiger partial charge is 0.337 e. The monoisotopic (exact) mass is 404 g/mol. The van der Waals surface area contributed by atoms with Crippen molar-refractivity contribution < 1.29 is 22.7 Å². The first-order valence-corrected chi connectivity index (χ1v) is 10.5. The van der Waals surface area contributed by atoms with Crippen LogP contribution in [0.4, 0.5) is 5.69 Å². The van der Waals surface area contributed by atoms with E-state index in [4.69, 9.17) is 14.6 Å². The Morgan fingerprint density at radius 3 is 2.18 bits per heavy atom. The second-order valence-electron chi connectivity index (χ2n) is 6.98. The van der Waals surface area contributed by atoms with Crippen molar-refractivity contribution in [1.82, 2.24) is 0 Å². The van der Waals surface area contributed by atoms with E-state index in [1.165, 1.54) is 13.2 Å². The van der Waals surface area contributed by atoms with Gasteiger partial charge in [0.25, 0.3) is 0 Å². The Kier molecular flexibility index (Phi) is 5.62. The normalized spacial score (nSPS) is 14.2. The van der Waals surface area contributed by atoms with Crippen LogP contribution in [0.2, 0.25) is 0 Å². The number of aryl methyl sites for hydroxylation is 2. The summed E-state index contributed by atoms with van der Waals surface area (Å²) in [5, 5.41) is 5.47. The van der Waals surface area contributed by atoms with Crippen LogP contribution in [0.15, 0.2) is 35.2 Å². The second-order valence-corrected chi connectivity index (χ2v) is 8.51. The summed E-state index contributed by atoms with van der Waals surface area (Å²) in [6.45, 7) is 5.33. The lowest BCUT2D eigenvalue weighted by molar-refractivity contribution is 0.0600. The molecule has 0 aromatic heterocycles. The van der Waals surface area contributed by atoms with Crippen molar-refractivity contribution in [2.45, 2.75) is 31.6 Å². The van der Waals surface area contributed by atoms with Crippen molar-refractivity contribution in [3.05, 3.63) is 47.0 Å². The summed E-state index contributed by atoms with van der Waals surface area (Å²) in [6.07, 6.45) is 1.94.